The summed E-state index contributed by atoms with van der Waals surface area (Å²) in [6.07, 6.45) is 2.47. The third-order valence-corrected chi connectivity index (χ3v) is 3.32. The summed E-state index contributed by atoms with van der Waals surface area (Å²) in [5, 5.41) is 2.87. The fraction of sp³-hybridized carbons (Fsp3) is 0.444. The van der Waals surface area contributed by atoms with Crippen LogP contribution in [0.4, 0.5) is 0 Å². The molecule has 6 heteroatoms. The number of nitrogens with zero attached hydrogens (tertiary/aromatic N) is 1. The zero-order chi connectivity index (χ0) is 17.4. The zero-order valence-corrected chi connectivity index (χ0v) is 14.4. The Hall–Kier alpha value is -2.50. The Balaban J connectivity index is 1.84. The summed E-state index contributed by atoms with van der Waals surface area (Å²) in [5.41, 5.74) is 1.08. The van der Waals surface area contributed by atoms with Gasteiger partial charge in [-0.1, -0.05) is 6.07 Å². The maximum atomic E-state index is 11.9. The summed E-state index contributed by atoms with van der Waals surface area (Å²) in [7, 11) is 0. The van der Waals surface area contributed by atoms with Crippen LogP contribution in [0.15, 0.2) is 28.8 Å². The molecular formula is C18H24N2O4. The van der Waals surface area contributed by atoms with Crippen molar-refractivity contribution in [2.45, 2.75) is 33.6 Å². The SMILES string of the molecule is CCOc1ccc(CCNC(=O)Cc2ncc(C)o2)cc1OCC. The van der Waals surface area contributed by atoms with Gasteiger partial charge in [-0.15, -0.1) is 0 Å². The molecule has 0 spiro atoms. The first kappa shape index (κ1) is 17.8. The number of aryl methyl sites for hydroxylation is 1. The summed E-state index contributed by atoms with van der Waals surface area (Å²) in [5.74, 6) is 2.51. The highest BCUT2D eigenvalue weighted by atomic mass is 16.5. The van der Waals surface area contributed by atoms with Crippen molar-refractivity contribution in [2.24, 2.45) is 0 Å². The Kier molecular flexibility index (Phi) is 6.66. The Morgan fingerprint density at radius 2 is 1.96 bits per heavy atom. The van der Waals surface area contributed by atoms with E-state index in [2.05, 4.69) is 10.3 Å². The number of amides is 1. The molecule has 0 aliphatic carbocycles. The van der Waals surface area contributed by atoms with Crippen molar-refractivity contribution in [3.05, 3.63) is 41.6 Å². The minimum absolute atomic E-state index is 0.104. The number of benzene rings is 1. The first-order valence-electron chi connectivity index (χ1n) is 8.18. The number of hydrogen-bond donors (Lipinski definition) is 1. The summed E-state index contributed by atoms with van der Waals surface area (Å²) in [6, 6.07) is 5.84. The van der Waals surface area contributed by atoms with Crippen LogP contribution in [0.1, 0.15) is 31.1 Å². The van der Waals surface area contributed by atoms with E-state index in [-0.39, 0.29) is 12.3 Å². The minimum atomic E-state index is -0.104. The van der Waals surface area contributed by atoms with E-state index < -0.39 is 0 Å². The molecule has 1 aromatic carbocycles. The molecule has 6 nitrogen and oxygen atoms in total. The lowest BCUT2D eigenvalue weighted by Gasteiger charge is -2.12. The molecule has 0 fully saturated rings. The average molecular weight is 332 g/mol. The van der Waals surface area contributed by atoms with E-state index in [1.807, 2.05) is 32.0 Å². The second kappa shape index (κ2) is 8.96. The third kappa shape index (κ3) is 5.30. The van der Waals surface area contributed by atoms with Gasteiger partial charge in [0.25, 0.3) is 0 Å². The molecule has 2 aromatic rings. The quantitative estimate of drug-likeness (QED) is 0.764. The third-order valence-electron chi connectivity index (χ3n) is 3.32. The zero-order valence-electron chi connectivity index (χ0n) is 14.4. The van der Waals surface area contributed by atoms with Crippen LogP contribution >= 0.6 is 0 Å². The van der Waals surface area contributed by atoms with E-state index in [1.54, 1.807) is 13.1 Å². The number of ether oxygens (including phenoxy) is 2. The number of carbonyl (C=O) groups is 1. The molecule has 0 unspecified atom stereocenters. The molecule has 0 saturated heterocycles. The van der Waals surface area contributed by atoms with Gasteiger partial charge in [0.05, 0.1) is 19.4 Å². The van der Waals surface area contributed by atoms with Crippen LogP contribution in [-0.4, -0.2) is 30.6 Å². The molecule has 130 valence electrons. The van der Waals surface area contributed by atoms with E-state index in [4.69, 9.17) is 13.9 Å². The van der Waals surface area contributed by atoms with Gasteiger partial charge < -0.3 is 19.2 Å². The van der Waals surface area contributed by atoms with Crippen LogP contribution in [0.25, 0.3) is 0 Å². The predicted octanol–water partition coefficient (Wildman–Crippen LogP) is 2.68. The summed E-state index contributed by atoms with van der Waals surface area (Å²) < 4.78 is 16.4. The fourth-order valence-electron chi connectivity index (χ4n) is 2.28. The smallest absolute Gasteiger partial charge is 0.229 e. The van der Waals surface area contributed by atoms with Crippen LogP contribution in [0, 0.1) is 6.92 Å². The highest BCUT2D eigenvalue weighted by molar-refractivity contribution is 5.77. The maximum absolute atomic E-state index is 11.9. The van der Waals surface area contributed by atoms with Gasteiger partial charge in [0.15, 0.2) is 11.5 Å². The van der Waals surface area contributed by atoms with Crippen molar-refractivity contribution in [3.8, 4) is 11.5 Å². The van der Waals surface area contributed by atoms with Gasteiger partial charge in [0.2, 0.25) is 11.8 Å². The van der Waals surface area contributed by atoms with Crippen LogP contribution < -0.4 is 14.8 Å². The van der Waals surface area contributed by atoms with Crippen LogP contribution in [-0.2, 0) is 17.6 Å². The molecule has 0 saturated carbocycles. The van der Waals surface area contributed by atoms with Gasteiger partial charge in [-0.2, -0.15) is 0 Å². The highest BCUT2D eigenvalue weighted by Crippen LogP contribution is 2.28. The first-order valence-corrected chi connectivity index (χ1v) is 8.18. The average Bonchev–Trinajstić information content (AvgIpc) is 2.95. The molecule has 1 aromatic heterocycles. The Bertz CT molecular complexity index is 667. The van der Waals surface area contributed by atoms with E-state index in [0.29, 0.717) is 37.8 Å². The molecule has 1 heterocycles. The lowest BCUT2D eigenvalue weighted by Crippen LogP contribution is -2.27. The van der Waals surface area contributed by atoms with Gasteiger partial charge >= 0.3 is 0 Å². The lowest BCUT2D eigenvalue weighted by molar-refractivity contribution is -0.120. The Labute approximate surface area is 142 Å². The fourth-order valence-corrected chi connectivity index (χ4v) is 2.28. The number of nitrogens with one attached hydrogen (secondary N) is 1. The van der Waals surface area contributed by atoms with E-state index in [0.717, 1.165) is 17.1 Å². The van der Waals surface area contributed by atoms with Crippen LogP contribution in [0.3, 0.4) is 0 Å². The van der Waals surface area contributed by atoms with Crippen molar-refractivity contribution in [1.29, 1.82) is 0 Å². The summed E-state index contributed by atoms with van der Waals surface area (Å²) in [4.78, 5) is 15.9. The van der Waals surface area contributed by atoms with E-state index in [1.165, 1.54) is 0 Å². The second-order valence-electron chi connectivity index (χ2n) is 5.29. The predicted molar refractivity (Wildman–Crippen MR) is 90.4 cm³/mol. The lowest BCUT2D eigenvalue weighted by atomic mass is 10.1. The van der Waals surface area contributed by atoms with Gasteiger partial charge in [-0.25, -0.2) is 4.98 Å². The largest absolute Gasteiger partial charge is 0.490 e. The van der Waals surface area contributed by atoms with Crippen molar-refractivity contribution in [3.63, 3.8) is 0 Å². The minimum Gasteiger partial charge on any atom is -0.490 e. The van der Waals surface area contributed by atoms with Crippen molar-refractivity contribution in [1.82, 2.24) is 10.3 Å². The van der Waals surface area contributed by atoms with Crippen LogP contribution in [0.2, 0.25) is 0 Å². The topological polar surface area (TPSA) is 73.6 Å². The van der Waals surface area contributed by atoms with Gasteiger partial charge in [0, 0.05) is 6.54 Å². The number of oxazole rings is 1. The number of aromatic nitrogens is 1. The molecule has 0 bridgehead atoms. The van der Waals surface area contributed by atoms with Gasteiger partial charge in [-0.05, 0) is 44.9 Å². The molecule has 1 amide bonds. The summed E-state index contributed by atoms with van der Waals surface area (Å²) >= 11 is 0. The van der Waals surface area contributed by atoms with Crippen molar-refractivity contribution in [2.75, 3.05) is 19.8 Å². The Morgan fingerprint density at radius 1 is 1.21 bits per heavy atom. The number of hydrogen-bond acceptors (Lipinski definition) is 5. The van der Waals surface area contributed by atoms with Crippen molar-refractivity contribution < 1.29 is 18.7 Å². The maximum Gasteiger partial charge on any atom is 0.229 e. The van der Waals surface area contributed by atoms with Crippen LogP contribution in [0.5, 0.6) is 11.5 Å². The molecule has 2 rings (SSSR count). The van der Waals surface area contributed by atoms with Crippen molar-refractivity contribution >= 4 is 5.91 Å². The first-order chi connectivity index (χ1) is 11.6. The summed E-state index contributed by atoms with van der Waals surface area (Å²) in [6.45, 7) is 7.39. The number of carbonyl (C=O) groups excluding carboxylic acids is 1. The van der Waals surface area contributed by atoms with Gasteiger partial charge in [-0.3, -0.25) is 4.79 Å². The molecule has 0 atom stereocenters. The molecule has 1 N–H and O–H groups in total. The Morgan fingerprint density at radius 3 is 2.62 bits per heavy atom. The standard InChI is InChI=1S/C18H24N2O4/c1-4-22-15-7-6-14(10-16(15)23-5-2)8-9-19-17(21)11-18-20-12-13(3)24-18/h6-7,10,12H,4-5,8-9,11H2,1-3H3,(H,19,21). The molecule has 0 aliphatic heterocycles. The normalized spacial score (nSPS) is 10.5. The number of rotatable bonds is 9. The molecule has 24 heavy (non-hydrogen) atoms. The second-order valence-corrected chi connectivity index (χ2v) is 5.29. The molecule has 0 aliphatic rings. The molecule has 0 radical (unpaired) electrons. The molecular weight excluding hydrogens is 308 g/mol. The monoisotopic (exact) mass is 332 g/mol. The van der Waals surface area contributed by atoms with E-state index >= 15 is 0 Å². The van der Waals surface area contributed by atoms with E-state index in [9.17, 15) is 4.79 Å². The van der Waals surface area contributed by atoms with Gasteiger partial charge in [0.1, 0.15) is 12.2 Å². The highest BCUT2D eigenvalue weighted by Gasteiger charge is 2.09.